The molecule has 0 bridgehead atoms. The Morgan fingerprint density at radius 2 is 1.60 bits per heavy atom. The zero-order chi connectivity index (χ0) is 13.9. The number of hydrogen-bond acceptors (Lipinski definition) is 4. The normalized spacial score (nSPS) is 15.4. The molecule has 1 aliphatic heterocycles. The van der Waals surface area contributed by atoms with Gasteiger partial charge in [0.25, 0.3) is 0 Å². The molecule has 3 rings (SSSR count). The molecule has 20 heavy (non-hydrogen) atoms. The van der Waals surface area contributed by atoms with Crippen LogP contribution in [0.25, 0.3) is 0 Å². The molecular formula is C15H17FN4. The fourth-order valence-electron chi connectivity index (χ4n) is 2.58. The van der Waals surface area contributed by atoms with Crippen LogP contribution in [-0.4, -0.2) is 31.2 Å². The van der Waals surface area contributed by atoms with Crippen molar-refractivity contribution < 1.29 is 4.39 Å². The van der Waals surface area contributed by atoms with E-state index < -0.39 is 0 Å². The fourth-order valence-corrected chi connectivity index (χ4v) is 2.58. The lowest BCUT2D eigenvalue weighted by Gasteiger charge is -2.37. The maximum atomic E-state index is 13.8. The molecule has 0 amide bonds. The summed E-state index contributed by atoms with van der Waals surface area (Å²) in [7, 11) is 0. The van der Waals surface area contributed by atoms with E-state index in [1.54, 1.807) is 18.5 Å². The molecule has 0 unspecified atom stereocenters. The van der Waals surface area contributed by atoms with Gasteiger partial charge in [-0.25, -0.2) is 4.39 Å². The van der Waals surface area contributed by atoms with Gasteiger partial charge >= 0.3 is 0 Å². The lowest BCUT2D eigenvalue weighted by Crippen LogP contribution is -2.47. The van der Waals surface area contributed by atoms with E-state index in [4.69, 9.17) is 5.73 Å². The smallest absolute Gasteiger partial charge is 0.146 e. The van der Waals surface area contributed by atoms with Gasteiger partial charge in [-0.15, -0.1) is 0 Å². The highest BCUT2D eigenvalue weighted by atomic mass is 19.1. The van der Waals surface area contributed by atoms with Crippen LogP contribution in [0.1, 0.15) is 0 Å². The first-order valence-electron chi connectivity index (χ1n) is 6.69. The number of nitrogens with two attached hydrogens (primary N) is 1. The molecule has 2 N–H and O–H groups in total. The summed E-state index contributed by atoms with van der Waals surface area (Å²) < 4.78 is 13.8. The average molecular weight is 272 g/mol. The van der Waals surface area contributed by atoms with Crippen LogP contribution in [0.4, 0.5) is 21.5 Å². The Balaban J connectivity index is 1.72. The molecular weight excluding hydrogens is 255 g/mol. The number of benzene rings is 1. The first kappa shape index (κ1) is 12.7. The SMILES string of the molecule is Nc1cnccc1N1CCN(c2ccccc2F)CC1. The zero-order valence-electron chi connectivity index (χ0n) is 11.2. The van der Waals surface area contributed by atoms with Crippen LogP contribution in [0, 0.1) is 5.82 Å². The third-order valence-corrected chi connectivity index (χ3v) is 3.64. The molecule has 1 fully saturated rings. The van der Waals surface area contributed by atoms with Crippen molar-refractivity contribution in [1.29, 1.82) is 0 Å². The van der Waals surface area contributed by atoms with Gasteiger partial charge in [0.2, 0.25) is 0 Å². The molecule has 0 aliphatic carbocycles. The summed E-state index contributed by atoms with van der Waals surface area (Å²) in [6.07, 6.45) is 3.41. The van der Waals surface area contributed by atoms with Crippen LogP contribution in [0.5, 0.6) is 0 Å². The standard InChI is InChI=1S/C15H17FN4/c16-12-3-1-2-4-14(12)19-7-9-20(10-8-19)15-5-6-18-11-13(15)17/h1-6,11H,7-10,17H2. The third-order valence-electron chi connectivity index (χ3n) is 3.64. The van der Waals surface area contributed by atoms with Crippen molar-refractivity contribution >= 4 is 17.1 Å². The highest BCUT2D eigenvalue weighted by Crippen LogP contribution is 2.25. The van der Waals surface area contributed by atoms with E-state index >= 15 is 0 Å². The minimum Gasteiger partial charge on any atom is -0.396 e. The maximum absolute atomic E-state index is 13.8. The van der Waals surface area contributed by atoms with Crippen molar-refractivity contribution in [3.05, 3.63) is 48.5 Å². The fraction of sp³-hybridized carbons (Fsp3) is 0.267. The number of hydrogen-bond donors (Lipinski definition) is 1. The average Bonchev–Trinajstić information content (AvgIpc) is 2.49. The molecule has 1 aromatic heterocycles. The number of para-hydroxylation sites is 1. The second kappa shape index (κ2) is 5.36. The summed E-state index contributed by atoms with van der Waals surface area (Å²) >= 11 is 0. The largest absolute Gasteiger partial charge is 0.396 e. The molecule has 2 aromatic rings. The van der Waals surface area contributed by atoms with E-state index in [1.165, 1.54) is 6.07 Å². The van der Waals surface area contributed by atoms with Crippen LogP contribution in [0.3, 0.4) is 0 Å². The molecule has 0 atom stereocenters. The van der Waals surface area contributed by atoms with E-state index in [-0.39, 0.29) is 5.82 Å². The molecule has 4 nitrogen and oxygen atoms in total. The number of anilines is 3. The summed E-state index contributed by atoms with van der Waals surface area (Å²) in [5.74, 6) is -0.163. The van der Waals surface area contributed by atoms with Gasteiger partial charge in [0.05, 0.1) is 23.3 Å². The molecule has 1 saturated heterocycles. The molecule has 0 spiro atoms. The Hall–Kier alpha value is -2.30. The Bertz CT molecular complexity index is 540. The Kier molecular flexibility index (Phi) is 3.41. The molecule has 0 radical (unpaired) electrons. The minimum atomic E-state index is -0.163. The molecule has 0 saturated carbocycles. The quantitative estimate of drug-likeness (QED) is 0.909. The number of nitrogens with zero attached hydrogens (tertiary/aromatic N) is 3. The highest BCUT2D eigenvalue weighted by molar-refractivity contribution is 5.66. The monoisotopic (exact) mass is 272 g/mol. The topological polar surface area (TPSA) is 45.4 Å². The van der Waals surface area contributed by atoms with Gasteiger partial charge in [-0.2, -0.15) is 0 Å². The van der Waals surface area contributed by atoms with Gasteiger partial charge in [-0.1, -0.05) is 12.1 Å². The van der Waals surface area contributed by atoms with E-state index in [0.29, 0.717) is 11.4 Å². The van der Waals surface area contributed by atoms with Gasteiger partial charge in [0.1, 0.15) is 5.82 Å². The van der Waals surface area contributed by atoms with E-state index in [1.807, 2.05) is 18.2 Å². The van der Waals surface area contributed by atoms with Crippen LogP contribution in [0.2, 0.25) is 0 Å². The lowest BCUT2D eigenvalue weighted by atomic mass is 10.2. The van der Waals surface area contributed by atoms with E-state index in [2.05, 4.69) is 14.8 Å². The Labute approximate surface area is 117 Å². The number of aromatic nitrogens is 1. The van der Waals surface area contributed by atoms with Crippen molar-refractivity contribution in [3.8, 4) is 0 Å². The summed E-state index contributed by atoms with van der Waals surface area (Å²) in [5, 5.41) is 0. The zero-order valence-corrected chi connectivity index (χ0v) is 11.2. The van der Waals surface area contributed by atoms with Crippen molar-refractivity contribution in [3.63, 3.8) is 0 Å². The maximum Gasteiger partial charge on any atom is 0.146 e. The van der Waals surface area contributed by atoms with Crippen molar-refractivity contribution in [2.45, 2.75) is 0 Å². The summed E-state index contributed by atoms with van der Waals surface area (Å²) in [4.78, 5) is 8.29. The van der Waals surface area contributed by atoms with Crippen molar-refractivity contribution in [2.75, 3.05) is 41.7 Å². The second-order valence-corrected chi connectivity index (χ2v) is 4.86. The predicted octanol–water partition coefficient (Wildman–Crippen LogP) is 2.13. The molecule has 1 aromatic carbocycles. The summed E-state index contributed by atoms with van der Waals surface area (Å²) in [6, 6.07) is 8.83. The van der Waals surface area contributed by atoms with Gasteiger partial charge < -0.3 is 15.5 Å². The minimum absolute atomic E-state index is 0.163. The summed E-state index contributed by atoms with van der Waals surface area (Å²) in [6.45, 7) is 3.20. The number of rotatable bonds is 2. The van der Waals surface area contributed by atoms with Crippen LogP contribution in [-0.2, 0) is 0 Å². The second-order valence-electron chi connectivity index (χ2n) is 4.86. The lowest BCUT2D eigenvalue weighted by molar-refractivity contribution is 0.598. The molecule has 104 valence electrons. The number of piperazine rings is 1. The molecule has 2 heterocycles. The molecule has 1 aliphatic rings. The number of pyridine rings is 1. The van der Waals surface area contributed by atoms with Crippen LogP contribution >= 0.6 is 0 Å². The van der Waals surface area contributed by atoms with Gasteiger partial charge in [0.15, 0.2) is 0 Å². The van der Waals surface area contributed by atoms with Gasteiger partial charge in [-0.3, -0.25) is 4.98 Å². The van der Waals surface area contributed by atoms with Crippen molar-refractivity contribution in [1.82, 2.24) is 4.98 Å². The molecule has 5 heteroatoms. The van der Waals surface area contributed by atoms with E-state index in [0.717, 1.165) is 31.9 Å². The number of halogens is 1. The third kappa shape index (κ3) is 2.39. The van der Waals surface area contributed by atoms with Crippen molar-refractivity contribution in [2.24, 2.45) is 0 Å². The predicted molar refractivity (Wildman–Crippen MR) is 79.5 cm³/mol. The summed E-state index contributed by atoms with van der Waals surface area (Å²) in [5.41, 5.74) is 8.31. The highest BCUT2D eigenvalue weighted by Gasteiger charge is 2.20. The Morgan fingerprint density at radius 3 is 2.25 bits per heavy atom. The Morgan fingerprint density at radius 1 is 0.950 bits per heavy atom. The van der Waals surface area contributed by atoms with Gasteiger partial charge in [0, 0.05) is 32.4 Å². The van der Waals surface area contributed by atoms with Gasteiger partial charge in [-0.05, 0) is 18.2 Å². The van der Waals surface area contributed by atoms with E-state index in [9.17, 15) is 4.39 Å². The first-order valence-corrected chi connectivity index (χ1v) is 6.69. The van der Waals surface area contributed by atoms with Crippen LogP contribution in [0.15, 0.2) is 42.7 Å². The first-order chi connectivity index (χ1) is 9.75. The van der Waals surface area contributed by atoms with Crippen LogP contribution < -0.4 is 15.5 Å². The number of nitrogen functional groups attached to an aromatic ring is 1.